The number of ether oxygens (including phenoxy) is 1. The van der Waals surface area contributed by atoms with Crippen LogP contribution in [0.25, 0.3) is 0 Å². The van der Waals surface area contributed by atoms with Gasteiger partial charge in [-0.15, -0.1) is 0 Å². The number of carbonyl (C=O) groups excluding carboxylic acids is 1. The van der Waals surface area contributed by atoms with Crippen LogP contribution in [0, 0.1) is 0 Å². The summed E-state index contributed by atoms with van der Waals surface area (Å²) in [5.41, 5.74) is 0. The number of hydrogen-bond donors (Lipinski definition) is 1. The van der Waals surface area contributed by atoms with Crippen molar-refractivity contribution in [3.05, 3.63) is 0 Å². The lowest BCUT2D eigenvalue weighted by atomic mass is 10.3. The zero-order chi connectivity index (χ0) is 10.4. The Bertz CT molecular complexity index is 185. The third kappa shape index (κ3) is 3.27. The molecule has 82 valence electrons. The highest BCUT2D eigenvalue weighted by atomic mass is 16.5. The maximum Gasteiger partial charge on any atom is 0.251 e. The van der Waals surface area contributed by atoms with Gasteiger partial charge in [-0.05, 0) is 13.0 Å². The molecule has 0 bridgehead atoms. The molecule has 1 N–H and O–H groups in total. The number of likely N-dealkylation sites (N-methyl/N-ethyl adjacent to an activating group) is 1. The first kappa shape index (κ1) is 11.5. The minimum Gasteiger partial charge on any atom is -0.367 e. The highest BCUT2D eigenvalue weighted by Crippen LogP contribution is 2.11. The summed E-state index contributed by atoms with van der Waals surface area (Å²) in [5, 5.41) is 3.24. The Hall–Kier alpha value is -0.610. The zero-order valence-corrected chi connectivity index (χ0v) is 9.08. The summed E-state index contributed by atoms with van der Waals surface area (Å²) in [7, 11) is 1.82. The van der Waals surface area contributed by atoms with Gasteiger partial charge in [-0.3, -0.25) is 4.79 Å². The first-order valence-corrected chi connectivity index (χ1v) is 5.33. The molecule has 1 fully saturated rings. The van der Waals surface area contributed by atoms with Gasteiger partial charge in [0, 0.05) is 26.6 Å². The van der Waals surface area contributed by atoms with E-state index in [1.54, 1.807) is 4.90 Å². The van der Waals surface area contributed by atoms with E-state index in [1.807, 2.05) is 7.05 Å². The van der Waals surface area contributed by atoms with Crippen molar-refractivity contribution in [1.82, 2.24) is 10.2 Å². The fourth-order valence-corrected chi connectivity index (χ4v) is 1.52. The van der Waals surface area contributed by atoms with E-state index in [-0.39, 0.29) is 12.0 Å². The Morgan fingerprint density at radius 3 is 2.93 bits per heavy atom. The Morgan fingerprint density at radius 1 is 1.57 bits per heavy atom. The van der Waals surface area contributed by atoms with E-state index in [2.05, 4.69) is 12.2 Å². The molecule has 1 amide bonds. The van der Waals surface area contributed by atoms with Crippen molar-refractivity contribution in [3.63, 3.8) is 0 Å². The number of nitrogens with zero attached hydrogens (tertiary/aromatic N) is 1. The average Bonchev–Trinajstić information content (AvgIpc) is 2.49. The van der Waals surface area contributed by atoms with E-state index in [0.29, 0.717) is 6.61 Å². The normalized spacial score (nSPS) is 22.0. The monoisotopic (exact) mass is 200 g/mol. The smallest absolute Gasteiger partial charge is 0.251 e. The molecule has 0 saturated carbocycles. The summed E-state index contributed by atoms with van der Waals surface area (Å²) in [4.78, 5) is 13.1. The highest BCUT2D eigenvalue weighted by molar-refractivity contribution is 5.82. The minimum atomic E-state index is -0.191. The van der Waals surface area contributed by atoms with E-state index < -0.39 is 0 Å². The molecular weight excluding hydrogens is 180 g/mol. The second-order valence-electron chi connectivity index (χ2n) is 3.66. The number of carbonyl (C=O) groups is 1. The highest BCUT2D eigenvalue weighted by Gasteiger charge is 2.29. The predicted octanol–water partition coefficient (Wildman–Crippen LogP) is 0.233. The van der Waals surface area contributed by atoms with Crippen molar-refractivity contribution in [3.8, 4) is 0 Å². The molecule has 1 aliphatic rings. The third-order valence-electron chi connectivity index (χ3n) is 2.40. The topological polar surface area (TPSA) is 41.6 Å². The molecule has 14 heavy (non-hydrogen) atoms. The number of likely N-dealkylation sites (tertiary alicyclic amines) is 1. The predicted molar refractivity (Wildman–Crippen MR) is 55.2 cm³/mol. The summed E-state index contributed by atoms with van der Waals surface area (Å²) in [6.07, 6.45) is 1.78. The van der Waals surface area contributed by atoms with Crippen molar-refractivity contribution < 1.29 is 9.53 Å². The van der Waals surface area contributed by atoms with E-state index in [0.717, 1.165) is 32.5 Å². The van der Waals surface area contributed by atoms with Gasteiger partial charge < -0.3 is 15.0 Å². The standard InChI is InChI=1S/C10H20N2O2/c1-3-5-11-6-8-14-9-4-7-12(2)10(9)13/h9,11H,3-8H2,1-2H3. The lowest BCUT2D eigenvalue weighted by molar-refractivity contribution is -0.136. The summed E-state index contributed by atoms with van der Waals surface area (Å²) < 4.78 is 5.48. The van der Waals surface area contributed by atoms with Crippen LogP contribution >= 0.6 is 0 Å². The van der Waals surface area contributed by atoms with E-state index >= 15 is 0 Å². The fraction of sp³-hybridized carbons (Fsp3) is 0.900. The molecule has 4 nitrogen and oxygen atoms in total. The van der Waals surface area contributed by atoms with Gasteiger partial charge in [-0.1, -0.05) is 6.92 Å². The maximum atomic E-state index is 11.4. The van der Waals surface area contributed by atoms with Gasteiger partial charge in [0.2, 0.25) is 0 Å². The lowest BCUT2D eigenvalue weighted by Crippen LogP contribution is -2.30. The van der Waals surface area contributed by atoms with Gasteiger partial charge >= 0.3 is 0 Å². The molecule has 1 unspecified atom stereocenters. The quantitative estimate of drug-likeness (QED) is 0.624. The van der Waals surface area contributed by atoms with Gasteiger partial charge in [-0.25, -0.2) is 0 Å². The summed E-state index contributed by atoms with van der Waals surface area (Å²) >= 11 is 0. The van der Waals surface area contributed by atoms with Crippen molar-refractivity contribution >= 4 is 5.91 Å². The van der Waals surface area contributed by atoms with E-state index in [9.17, 15) is 4.79 Å². The van der Waals surface area contributed by atoms with Crippen molar-refractivity contribution in [2.45, 2.75) is 25.9 Å². The lowest BCUT2D eigenvalue weighted by Gasteiger charge is -2.11. The molecule has 0 spiro atoms. The van der Waals surface area contributed by atoms with Gasteiger partial charge in [0.05, 0.1) is 6.61 Å². The van der Waals surface area contributed by atoms with Crippen LogP contribution in [-0.4, -0.2) is 50.2 Å². The molecule has 1 rings (SSSR count). The summed E-state index contributed by atoms with van der Waals surface area (Å²) in [5.74, 6) is 0.125. The molecule has 0 radical (unpaired) electrons. The SMILES string of the molecule is CCCNCCOC1CCN(C)C1=O. The van der Waals surface area contributed by atoms with Crippen LogP contribution in [-0.2, 0) is 9.53 Å². The third-order valence-corrected chi connectivity index (χ3v) is 2.40. The van der Waals surface area contributed by atoms with Gasteiger partial charge in [0.15, 0.2) is 0 Å². The van der Waals surface area contributed by atoms with Crippen molar-refractivity contribution in [1.29, 1.82) is 0 Å². The number of amides is 1. The van der Waals surface area contributed by atoms with Gasteiger partial charge in [0.25, 0.3) is 5.91 Å². The Labute approximate surface area is 85.6 Å². The van der Waals surface area contributed by atoms with Crippen LogP contribution in [0.4, 0.5) is 0 Å². The Balaban J connectivity index is 2.04. The largest absolute Gasteiger partial charge is 0.367 e. The first-order chi connectivity index (χ1) is 6.75. The Kier molecular flexibility index (Phi) is 4.90. The molecule has 4 heteroatoms. The summed E-state index contributed by atoms with van der Waals surface area (Å²) in [6.45, 7) is 5.43. The van der Waals surface area contributed by atoms with Crippen LogP contribution in [0.2, 0.25) is 0 Å². The molecule has 1 heterocycles. The van der Waals surface area contributed by atoms with Crippen LogP contribution in [0.5, 0.6) is 0 Å². The molecule has 0 aliphatic carbocycles. The molecule has 1 aliphatic heterocycles. The Morgan fingerprint density at radius 2 is 2.36 bits per heavy atom. The van der Waals surface area contributed by atoms with Crippen LogP contribution in [0.1, 0.15) is 19.8 Å². The van der Waals surface area contributed by atoms with E-state index in [4.69, 9.17) is 4.74 Å². The molecule has 0 aromatic rings. The molecule has 0 aromatic carbocycles. The molecule has 1 atom stereocenters. The van der Waals surface area contributed by atoms with Crippen molar-refractivity contribution in [2.24, 2.45) is 0 Å². The van der Waals surface area contributed by atoms with E-state index in [1.165, 1.54) is 0 Å². The second-order valence-corrected chi connectivity index (χ2v) is 3.66. The average molecular weight is 200 g/mol. The number of nitrogens with one attached hydrogen (secondary N) is 1. The minimum absolute atomic E-state index is 0.125. The second kappa shape index (κ2) is 5.98. The molecule has 1 saturated heterocycles. The number of rotatable bonds is 6. The van der Waals surface area contributed by atoms with Crippen LogP contribution < -0.4 is 5.32 Å². The maximum absolute atomic E-state index is 11.4. The molecule has 0 aromatic heterocycles. The zero-order valence-electron chi connectivity index (χ0n) is 9.08. The summed E-state index contributed by atoms with van der Waals surface area (Å²) in [6, 6.07) is 0. The van der Waals surface area contributed by atoms with Crippen LogP contribution in [0.3, 0.4) is 0 Å². The molecular formula is C10H20N2O2. The fourth-order valence-electron chi connectivity index (χ4n) is 1.52. The first-order valence-electron chi connectivity index (χ1n) is 5.33. The van der Waals surface area contributed by atoms with Gasteiger partial charge in [0.1, 0.15) is 6.10 Å². The van der Waals surface area contributed by atoms with Crippen LogP contribution in [0.15, 0.2) is 0 Å². The van der Waals surface area contributed by atoms with Crippen molar-refractivity contribution in [2.75, 3.05) is 33.3 Å². The van der Waals surface area contributed by atoms with Gasteiger partial charge in [-0.2, -0.15) is 0 Å². The number of hydrogen-bond acceptors (Lipinski definition) is 3.